The molecule has 1 aromatic carbocycles. The lowest BCUT2D eigenvalue weighted by Gasteiger charge is -2.24. The molecule has 18 heavy (non-hydrogen) atoms. The maximum absolute atomic E-state index is 12.0. The lowest BCUT2D eigenvalue weighted by Crippen LogP contribution is -2.47. The third kappa shape index (κ3) is 2.82. The Kier molecular flexibility index (Phi) is 3.57. The molecule has 1 aliphatic rings. The van der Waals surface area contributed by atoms with Crippen LogP contribution in [0.1, 0.15) is 35.7 Å². The van der Waals surface area contributed by atoms with E-state index in [1.807, 2.05) is 6.92 Å². The minimum absolute atomic E-state index is 0.0187. The topological polar surface area (TPSA) is 61.4 Å². The van der Waals surface area contributed by atoms with E-state index < -0.39 is 0 Å². The Morgan fingerprint density at radius 1 is 1.56 bits per heavy atom. The van der Waals surface area contributed by atoms with Crippen LogP contribution in [0.2, 0.25) is 0 Å². The van der Waals surface area contributed by atoms with Gasteiger partial charge in [0.2, 0.25) is 0 Å². The van der Waals surface area contributed by atoms with E-state index in [1.165, 1.54) is 0 Å². The van der Waals surface area contributed by atoms with Gasteiger partial charge in [-0.25, -0.2) is 0 Å². The number of aromatic hydroxyl groups is 1. The van der Waals surface area contributed by atoms with Crippen molar-refractivity contribution < 1.29 is 9.90 Å². The summed E-state index contributed by atoms with van der Waals surface area (Å²) < 4.78 is 0. The normalized spacial score (nSPS) is 23.0. The molecule has 1 heterocycles. The summed E-state index contributed by atoms with van der Waals surface area (Å²) in [7, 11) is 0. The van der Waals surface area contributed by atoms with Crippen molar-refractivity contribution in [3.63, 3.8) is 0 Å². The third-order valence-corrected chi connectivity index (χ3v) is 3.49. The summed E-state index contributed by atoms with van der Waals surface area (Å²) in [6.07, 6.45) is 2.20. The van der Waals surface area contributed by atoms with Crippen molar-refractivity contribution in [1.29, 1.82) is 0 Å². The number of aryl methyl sites for hydroxylation is 1. The second-order valence-electron chi connectivity index (χ2n) is 5.29. The van der Waals surface area contributed by atoms with Gasteiger partial charge in [0.1, 0.15) is 5.75 Å². The van der Waals surface area contributed by atoms with Crippen LogP contribution in [-0.2, 0) is 0 Å². The Morgan fingerprint density at radius 2 is 2.33 bits per heavy atom. The molecule has 0 spiro atoms. The van der Waals surface area contributed by atoms with E-state index in [-0.39, 0.29) is 17.2 Å². The van der Waals surface area contributed by atoms with E-state index in [2.05, 4.69) is 17.6 Å². The molecule has 4 nitrogen and oxygen atoms in total. The molecule has 2 rings (SSSR count). The van der Waals surface area contributed by atoms with Gasteiger partial charge >= 0.3 is 0 Å². The van der Waals surface area contributed by atoms with Crippen LogP contribution in [0.5, 0.6) is 5.75 Å². The molecule has 0 bridgehead atoms. The van der Waals surface area contributed by atoms with Crippen LogP contribution in [0.4, 0.5) is 0 Å². The highest BCUT2D eigenvalue weighted by Crippen LogP contribution is 2.20. The summed E-state index contributed by atoms with van der Waals surface area (Å²) in [6.45, 7) is 5.59. The molecule has 1 amide bonds. The molecule has 1 atom stereocenters. The molecule has 4 heteroatoms. The molecule has 0 aromatic heterocycles. The summed E-state index contributed by atoms with van der Waals surface area (Å²) >= 11 is 0. The highest BCUT2D eigenvalue weighted by molar-refractivity contribution is 5.97. The standard InChI is InChI=1S/C14H20N2O2/c1-10-4-5-12(17)11(8-10)13(18)15-9-14(2)6-3-7-16-14/h4-5,8,16-17H,3,6-7,9H2,1-2H3,(H,15,18). The Balaban J connectivity index is 2.01. The average molecular weight is 248 g/mol. The van der Waals surface area contributed by atoms with Crippen molar-refractivity contribution in [2.45, 2.75) is 32.2 Å². The first-order valence-corrected chi connectivity index (χ1v) is 6.33. The summed E-state index contributed by atoms with van der Waals surface area (Å²) in [5.74, 6) is -0.186. The second-order valence-corrected chi connectivity index (χ2v) is 5.29. The van der Waals surface area contributed by atoms with Gasteiger partial charge in [0.05, 0.1) is 5.56 Å². The van der Waals surface area contributed by atoms with Gasteiger partial charge in [-0.3, -0.25) is 4.79 Å². The Hall–Kier alpha value is -1.55. The summed E-state index contributed by atoms with van der Waals surface area (Å²) in [5.41, 5.74) is 1.29. The van der Waals surface area contributed by atoms with E-state index >= 15 is 0 Å². The number of phenols is 1. The molecule has 0 radical (unpaired) electrons. The molecule has 98 valence electrons. The quantitative estimate of drug-likeness (QED) is 0.761. The Bertz CT molecular complexity index is 451. The number of carbonyl (C=O) groups is 1. The molecule has 1 fully saturated rings. The first kappa shape index (κ1) is 12.9. The van der Waals surface area contributed by atoms with Gasteiger partial charge in [0.15, 0.2) is 0 Å². The van der Waals surface area contributed by atoms with Crippen molar-refractivity contribution in [2.24, 2.45) is 0 Å². The highest BCUT2D eigenvalue weighted by atomic mass is 16.3. The fourth-order valence-electron chi connectivity index (χ4n) is 2.31. The van der Waals surface area contributed by atoms with Gasteiger partial charge in [-0.1, -0.05) is 11.6 Å². The van der Waals surface area contributed by atoms with Crippen LogP contribution in [0.25, 0.3) is 0 Å². The van der Waals surface area contributed by atoms with Crippen molar-refractivity contribution in [2.75, 3.05) is 13.1 Å². The van der Waals surface area contributed by atoms with Gasteiger partial charge in [0.25, 0.3) is 5.91 Å². The fourth-order valence-corrected chi connectivity index (χ4v) is 2.31. The summed E-state index contributed by atoms with van der Waals surface area (Å²) in [6, 6.07) is 5.04. The van der Waals surface area contributed by atoms with Gasteiger partial charge in [-0.15, -0.1) is 0 Å². The largest absolute Gasteiger partial charge is 0.507 e. The van der Waals surface area contributed by atoms with Crippen LogP contribution < -0.4 is 10.6 Å². The molecule has 1 unspecified atom stereocenters. The zero-order valence-corrected chi connectivity index (χ0v) is 10.9. The molecule has 0 aliphatic carbocycles. The van der Waals surface area contributed by atoms with E-state index in [0.29, 0.717) is 12.1 Å². The maximum atomic E-state index is 12.0. The second kappa shape index (κ2) is 4.98. The Labute approximate surface area is 107 Å². The molecule has 1 aromatic rings. The zero-order chi connectivity index (χ0) is 13.2. The van der Waals surface area contributed by atoms with Gasteiger partial charge < -0.3 is 15.7 Å². The van der Waals surface area contributed by atoms with Gasteiger partial charge in [0, 0.05) is 12.1 Å². The fraction of sp³-hybridized carbons (Fsp3) is 0.500. The number of carbonyl (C=O) groups excluding carboxylic acids is 1. The predicted molar refractivity (Wildman–Crippen MR) is 70.8 cm³/mol. The number of benzene rings is 1. The van der Waals surface area contributed by atoms with Gasteiger partial charge in [-0.2, -0.15) is 0 Å². The molecule has 3 N–H and O–H groups in total. The SMILES string of the molecule is Cc1ccc(O)c(C(=O)NCC2(C)CCCN2)c1. The number of hydrogen-bond acceptors (Lipinski definition) is 3. The maximum Gasteiger partial charge on any atom is 0.255 e. The number of nitrogens with one attached hydrogen (secondary N) is 2. The average Bonchev–Trinajstić information content (AvgIpc) is 2.77. The van der Waals surface area contributed by atoms with E-state index in [0.717, 1.165) is 24.9 Å². The minimum atomic E-state index is -0.217. The van der Waals surface area contributed by atoms with Crippen LogP contribution in [0.15, 0.2) is 18.2 Å². The van der Waals surface area contributed by atoms with Crippen molar-refractivity contribution in [3.05, 3.63) is 29.3 Å². The number of phenolic OH excluding ortho intramolecular Hbond substituents is 1. The number of hydrogen-bond donors (Lipinski definition) is 3. The predicted octanol–water partition coefficient (Wildman–Crippen LogP) is 1.57. The van der Waals surface area contributed by atoms with E-state index in [4.69, 9.17) is 0 Å². The van der Waals surface area contributed by atoms with Crippen LogP contribution >= 0.6 is 0 Å². The van der Waals surface area contributed by atoms with Gasteiger partial charge in [-0.05, 0) is 45.4 Å². The molecule has 1 saturated heterocycles. The smallest absolute Gasteiger partial charge is 0.255 e. The monoisotopic (exact) mass is 248 g/mol. The van der Waals surface area contributed by atoms with Crippen molar-refractivity contribution in [3.8, 4) is 5.75 Å². The lowest BCUT2D eigenvalue weighted by atomic mass is 10.0. The number of amides is 1. The summed E-state index contributed by atoms with van der Waals surface area (Å²) in [5, 5.41) is 16.0. The molecule has 1 aliphatic heterocycles. The van der Waals surface area contributed by atoms with Crippen LogP contribution in [0, 0.1) is 6.92 Å². The van der Waals surface area contributed by atoms with E-state index in [1.54, 1.807) is 18.2 Å². The number of rotatable bonds is 3. The highest BCUT2D eigenvalue weighted by Gasteiger charge is 2.28. The first-order valence-electron chi connectivity index (χ1n) is 6.33. The molecular formula is C14H20N2O2. The van der Waals surface area contributed by atoms with Crippen LogP contribution in [-0.4, -0.2) is 29.6 Å². The zero-order valence-electron chi connectivity index (χ0n) is 10.9. The molecular weight excluding hydrogens is 228 g/mol. The van der Waals surface area contributed by atoms with Crippen LogP contribution in [0.3, 0.4) is 0 Å². The van der Waals surface area contributed by atoms with Crippen molar-refractivity contribution in [1.82, 2.24) is 10.6 Å². The lowest BCUT2D eigenvalue weighted by molar-refractivity contribution is 0.0940. The third-order valence-electron chi connectivity index (χ3n) is 3.49. The Morgan fingerprint density at radius 3 is 3.00 bits per heavy atom. The first-order chi connectivity index (χ1) is 8.50. The minimum Gasteiger partial charge on any atom is -0.507 e. The summed E-state index contributed by atoms with van der Waals surface area (Å²) in [4.78, 5) is 12.0. The molecule has 0 saturated carbocycles. The van der Waals surface area contributed by atoms with E-state index in [9.17, 15) is 9.90 Å². The van der Waals surface area contributed by atoms with Crippen molar-refractivity contribution >= 4 is 5.91 Å².